The Balaban J connectivity index is 1.95. The number of hydrogen-bond acceptors (Lipinski definition) is 5. The van der Waals surface area contributed by atoms with Crippen LogP contribution in [0.25, 0.3) is 10.9 Å². The number of methoxy groups -OCH3 is 3. The number of carbonyl (C=O) groups excluding carboxylic acids is 1. The third kappa shape index (κ3) is 4.18. The molecule has 0 unspecified atom stereocenters. The Morgan fingerprint density at radius 2 is 1.69 bits per heavy atom. The molecule has 2 aromatic carbocycles. The van der Waals surface area contributed by atoms with Crippen molar-refractivity contribution in [2.45, 2.75) is 19.8 Å². The highest BCUT2D eigenvalue weighted by molar-refractivity contribution is 6.06. The number of aryl methyl sites for hydroxylation is 1. The Morgan fingerprint density at radius 1 is 1.00 bits per heavy atom. The number of aromatic amines is 1. The van der Waals surface area contributed by atoms with Crippen LogP contribution in [-0.2, 0) is 6.42 Å². The number of pyridine rings is 1. The number of H-pyrrole nitrogens is 1. The van der Waals surface area contributed by atoms with Crippen LogP contribution in [-0.4, -0.2) is 32.2 Å². The van der Waals surface area contributed by atoms with E-state index in [2.05, 4.69) is 17.2 Å². The Labute approximate surface area is 168 Å². The van der Waals surface area contributed by atoms with Crippen molar-refractivity contribution in [1.29, 1.82) is 0 Å². The van der Waals surface area contributed by atoms with Gasteiger partial charge in [0.1, 0.15) is 0 Å². The SMILES string of the molecule is CCCc1cc(=O)[nH]c2cc(NC(=O)c3cc(OC)c(OC)c(OC)c3)ccc12. The molecule has 1 amide bonds. The maximum Gasteiger partial charge on any atom is 0.255 e. The molecule has 0 aliphatic heterocycles. The molecule has 0 spiro atoms. The van der Waals surface area contributed by atoms with Crippen LogP contribution in [0.4, 0.5) is 5.69 Å². The van der Waals surface area contributed by atoms with E-state index in [4.69, 9.17) is 14.2 Å². The Bertz CT molecular complexity index is 1080. The van der Waals surface area contributed by atoms with Crippen LogP contribution in [0.3, 0.4) is 0 Å². The second-order valence-electron chi connectivity index (χ2n) is 6.54. The molecule has 0 aliphatic rings. The number of carbonyl (C=O) groups is 1. The van der Waals surface area contributed by atoms with Gasteiger partial charge in [0.05, 0.1) is 26.8 Å². The van der Waals surface area contributed by atoms with Gasteiger partial charge in [-0.1, -0.05) is 19.4 Å². The average Bonchev–Trinajstić information content (AvgIpc) is 2.72. The molecule has 3 rings (SSSR count). The maximum absolute atomic E-state index is 12.8. The number of ether oxygens (including phenoxy) is 3. The molecule has 0 saturated carbocycles. The zero-order valence-electron chi connectivity index (χ0n) is 16.9. The standard InChI is InChI=1S/C22H24N2O5/c1-5-6-13-11-20(25)24-17-12-15(7-8-16(13)17)23-22(26)14-9-18(27-2)21(29-4)19(10-14)28-3/h7-12H,5-6H2,1-4H3,(H,23,26)(H,24,25). The largest absolute Gasteiger partial charge is 0.493 e. The van der Waals surface area contributed by atoms with E-state index in [9.17, 15) is 9.59 Å². The van der Waals surface area contributed by atoms with Crippen LogP contribution in [0.15, 0.2) is 41.2 Å². The molecular formula is C22H24N2O5. The minimum atomic E-state index is -0.337. The molecule has 29 heavy (non-hydrogen) atoms. The predicted molar refractivity (Wildman–Crippen MR) is 113 cm³/mol. The summed E-state index contributed by atoms with van der Waals surface area (Å²) in [5, 5.41) is 3.82. The van der Waals surface area contributed by atoms with Crippen LogP contribution in [0.1, 0.15) is 29.3 Å². The lowest BCUT2D eigenvalue weighted by Gasteiger charge is -2.14. The van der Waals surface area contributed by atoms with Crippen LogP contribution in [0.2, 0.25) is 0 Å². The molecule has 152 valence electrons. The highest BCUT2D eigenvalue weighted by Crippen LogP contribution is 2.38. The van der Waals surface area contributed by atoms with Gasteiger partial charge in [-0.05, 0) is 36.2 Å². The lowest BCUT2D eigenvalue weighted by atomic mass is 10.0. The van der Waals surface area contributed by atoms with Crippen molar-refractivity contribution in [2.75, 3.05) is 26.6 Å². The van der Waals surface area contributed by atoms with Gasteiger partial charge in [0.15, 0.2) is 11.5 Å². The molecule has 7 heteroatoms. The van der Waals surface area contributed by atoms with Crippen LogP contribution in [0, 0.1) is 0 Å². The first-order chi connectivity index (χ1) is 14.0. The molecule has 0 saturated heterocycles. The van der Waals surface area contributed by atoms with Crippen LogP contribution < -0.4 is 25.1 Å². The highest BCUT2D eigenvalue weighted by Gasteiger charge is 2.17. The van der Waals surface area contributed by atoms with E-state index in [0.717, 1.165) is 23.8 Å². The lowest BCUT2D eigenvalue weighted by Crippen LogP contribution is -2.13. The van der Waals surface area contributed by atoms with Gasteiger partial charge in [-0.2, -0.15) is 0 Å². The normalized spacial score (nSPS) is 10.6. The summed E-state index contributed by atoms with van der Waals surface area (Å²) >= 11 is 0. The van der Waals surface area contributed by atoms with Gasteiger partial charge in [-0.15, -0.1) is 0 Å². The van der Waals surface area contributed by atoms with Crippen LogP contribution >= 0.6 is 0 Å². The van der Waals surface area contributed by atoms with E-state index in [1.165, 1.54) is 21.3 Å². The number of amides is 1. The van der Waals surface area contributed by atoms with Crippen molar-refractivity contribution in [3.63, 3.8) is 0 Å². The van der Waals surface area contributed by atoms with Crippen molar-refractivity contribution in [3.05, 3.63) is 57.9 Å². The van der Waals surface area contributed by atoms with Gasteiger partial charge < -0.3 is 24.5 Å². The van der Waals surface area contributed by atoms with Gasteiger partial charge >= 0.3 is 0 Å². The lowest BCUT2D eigenvalue weighted by molar-refractivity contribution is 0.102. The van der Waals surface area contributed by atoms with Gasteiger partial charge in [0, 0.05) is 22.7 Å². The summed E-state index contributed by atoms with van der Waals surface area (Å²) in [5.74, 6) is 0.863. The highest BCUT2D eigenvalue weighted by atomic mass is 16.5. The Hall–Kier alpha value is -3.48. The first-order valence-electron chi connectivity index (χ1n) is 9.28. The third-order valence-corrected chi connectivity index (χ3v) is 4.63. The smallest absolute Gasteiger partial charge is 0.255 e. The molecule has 0 bridgehead atoms. The Kier molecular flexibility index (Phi) is 6.07. The molecule has 0 fully saturated rings. The van der Waals surface area contributed by atoms with E-state index in [1.54, 1.807) is 24.3 Å². The average molecular weight is 396 g/mol. The second kappa shape index (κ2) is 8.68. The molecule has 1 heterocycles. The van der Waals surface area contributed by atoms with Gasteiger partial charge in [0.2, 0.25) is 11.3 Å². The van der Waals surface area contributed by atoms with Crippen molar-refractivity contribution >= 4 is 22.5 Å². The molecule has 3 aromatic rings. The zero-order valence-corrected chi connectivity index (χ0v) is 16.9. The molecule has 2 N–H and O–H groups in total. The predicted octanol–water partition coefficient (Wildman–Crippen LogP) is 3.76. The fraction of sp³-hybridized carbons (Fsp3) is 0.273. The van der Waals surface area contributed by atoms with Gasteiger partial charge in [-0.25, -0.2) is 0 Å². The molecule has 0 atom stereocenters. The second-order valence-corrected chi connectivity index (χ2v) is 6.54. The quantitative estimate of drug-likeness (QED) is 0.635. The monoisotopic (exact) mass is 396 g/mol. The molecule has 1 aromatic heterocycles. The first kappa shape index (κ1) is 20.3. The molecule has 7 nitrogen and oxygen atoms in total. The molecule has 0 radical (unpaired) electrons. The van der Waals surface area contributed by atoms with Crippen molar-refractivity contribution in [2.24, 2.45) is 0 Å². The zero-order chi connectivity index (χ0) is 21.0. The topological polar surface area (TPSA) is 89.7 Å². The Morgan fingerprint density at radius 3 is 2.28 bits per heavy atom. The summed E-state index contributed by atoms with van der Waals surface area (Å²) in [7, 11) is 4.49. The number of rotatable bonds is 7. The fourth-order valence-corrected chi connectivity index (χ4v) is 3.30. The number of fused-ring (bicyclic) bond motifs is 1. The fourth-order valence-electron chi connectivity index (χ4n) is 3.30. The number of benzene rings is 2. The summed E-state index contributed by atoms with van der Waals surface area (Å²) in [6.45, 7) is 2.07. The summed E-state index contributed by atoms with van der Waals surface area (Å²) in [5.41, 5.74) is 2.44. The van der Waals surface area contributed by atoms with Gasteiger partial charge in [0.25, 0.3) is 5.91 Å². The van der Waals surface area contributed by atoms with E-state index in [1.807, 2.05) is 12.1 Å². The van der Waals surface area contributed by atoms with Crippen LogP contribution in [0.5, 0.6) is 17.2 Å². The molecular weight excluding hydrogens is 372 g/mol. The van der Waals surface area contributed by atoms with E-state index < -0.39 is 0 Å². The van der Waals surface area contributed by atoms with Crippen molar-refractivity contribution < 1.29 is 19.0 Å². The van der Waals surface area contributed by atoms with Crippen molar-refractivity contribution in [1.82, 2.24) is 4.98 Å². The maximum atomic E-state index is 12.8. The number of anilines is 1. The van der Waals surface area contributed by atoms with E-state index >= 15 is 0 Å². The number of nitrogens with one attached hydrogen (secondary N) is 2. The van der Waals surface area contributed by atoms with Gasteiger partial charge in [-0.3, -0.25) is 9.59 Å². The summed E-state index contributed by atoms with van der Waals surface area (Å²) in [4.78, 5) is 27.6. The number of aromatic nitrogens is 1. The molecule has 0 aliphatic carbocycles. The summed E-state index contributed by atoms with van der Waals surface area (Å²) < 4.78 is 15.9. The summed E-state index contributed by atoms with van der Waals surface area (Å²) in [6, 6.07) is 10.3. The van der Waals surface area contributed by atoms with E-state index in [-0.39, 0.29) is 11.5 Å². The number of hydrogen-bond donors (Lipinski definition) is 2. The third-order valence-electron chi connectivity index (χ3n) is 4.63. The summed E-state index contributed by atoms with van der Waals surface area (Å²) in [6.07, 6.45) is 1.76. The first-order valence-corrected chi connectivity index (χ1v) is 9.28. The minimum absolute atomic E-state index is 0.158. The van der Waals surface area contributed by atoms with Crippen molar-refractivity contribution in [3.8, 4) is 17.2 Å². The van der Waals surface area contributed by atoms with E-state index in [0.29, 0.717) is 34.0 Å². The minimum Gasteiger partial charge on any atom is -0.493 e.